The van der Waals surface area contributed by atoms with Gasteiger partial charge in [0.25, 0.3) is 5.91 Å². The summed E-state index contributed by atoms with van der Waals surface area (Å²) in [6.45, 7) is 11.9. The van der Waals surface area contributed by atoms with Crippen LogP contribution in [-0.4, -0.2) is 89.5 Å². The summed E-state index contributed by atoms with van der Waals surface area (Å²) in [6.07, 6.45) is 6.00. The number of rotatable bonds is 8. The lowest BCUT2D eigenvalue weighted by molar-refractivity contribution is -0.0177. The zero-order valence-electron chi connectivity index (χ0n) is 26.0. The molecule has 2 heterocycles. The molecule has 0 aliphatic carbocycles. The van der Waals surface area contributed by atoms with E-state index in [9.17, 15) is 14.7 Å². The van der Waals surface area contributed by atoms with E-state index < -0.39 is 6.04 Å². The summed E-state index contributed by atoms with van der Waals surface area (Å²) >= 11 is 0. The highest BCUT2D eigenvalue weighted by Crippen LogP contribution is 2.28. The molecule has 0 radical (unpaired) electrons. The van der Waals surface area contributed by atoms with E-state index >= 15 is 0 Å². The third-order valence-electron chi connectivity index (χ3n) is 7.42. The molecule has 3 amide bonds. The van der Waals surface area contributed by atoms with Crippen molar-refractivity contribution in [2.45, 2.75) is 84.7 Å². The van der Waals surface area contributed by atoms with Crippen LogP contribution in [0.5, 0.6) is 5.75 Å². The molecule has 4 atom stereocenters. The first kappa shape index (κ1) is 33.3. The third kappa shape index (κ3) is 10.3. The van der Waals surface area contributed by atoms with Gasteiger partial charge < -0.3 is 30.1 Å². The second-order valence-corrected chi connectivity index (χ2v) is 11.8. The standard InChI is InChI=1S/C32H49N5O5/c1-22(2)34-32(40)35-27-10-11-29-28(17-27)31(39)37(24(4)21-38)18-23(3)30(41-16-8-7-9-25(5)42-29)20-36(6)19-26-12-14-33-15-13-26/h10-15,17,22-25,30,38H,7-9,16,18-21H2,1-6H3,(H2,34,35,40)/t23-,24-,25-,30+/m0/s1. The Balaban J connectivity index is 1.90. The topological polar surface area (TPSA) is 116 Å². The van der Waals surface area contributed by atoms with Crippen molar-refractivity contribution in [3.63, 3.8) is 0 Å². The molecule has 0 bridgehead atoms. The lowest BCUT2D eigenvalue weighted by Crippen LogP contribution is -2.47. The molecule has 0 saturated heterocycles. The molecule has 10 heteroatoms. The highest BCUT2D eigenvalue weighted by atomic mass is 16.5. The Bertz CT molecular complexity index is 1130. The molecule has 42 heavy (non-hydrogen) atoms. The SMILES string of the molecule is CC(C)NC(=O)Nc1ccc2c(c1)C(=O)N([C@@H](C)CO)C[C@H](C)[C@@H](CN(C)Cc1ccncc1)OCCCC[C@H](C)O2. The highest BCUT2D eigenvalue weighted by molar-refractivity contribution is 5.99. The number of aliphatic hydroxyl groups is 1. The van der Waals surface area contributed by atoms with Crippen molar-refractivity contribution in [3.8, 4) is 5.75 Å². The second-order valence-electron chi connectivity index (χ2n) is 11.8. The molecule has 0 fully saturated rings. The number of amides is 3. The van der Waals surface area contributed by atoms with E-state index in [2.05, 4.69) is 34.5 Å². The van der Waals surface area contributed by atoms with Gasteiger partial charge in [0.15, 0.2) is 0 Å². The minimum Gasteiger partial charge on any atom is -0.490 e. The molecule has 3 N–H and O–H groups in total. The average Bonchev–Trinajstić information content (AvgIpc) is 2.94. The number of carbonyl (C=O) groups excluding carboxylic acids is 2. The van der Waals surface area contributed by atoms with Crippen LogP contribution in [0.1, 0.15) is 69.8 Å². The van der Waals surface area contributed by atoms with Crippen molar-refractivity contribution in [3.05, 3.63) is 53.9 Å². The molecule has 0 unspecified atom stereocenters. The Morgan fingerprint density at radius 2 is 1.90 bits per heavy atom. The van der Waals surface area contributed by atoms with Gasteiger partial charge in [0.05, 0.1) is 30.4 Å². The molecule has 1 aromatic heterocycles. The van der Waals surface area contributed by atoms with Crippen molar-refractivity contribution >= 4 is 17.6 Å². The number of hydrogen-bond acceptors (Lipinski definition) is 7. The van der Waals surface area contributed by atoms with Crippen LogP contribution in [0, 0.1) is 5.92 Å². The number of aromatic nitrogens is 1. The highest BCUT2D eigenvalue weighted by Gasteiger charge is 2.30. The number of pyridine rings is 1. The first-order valence-electron chi connectivity index (χ1n) is 15.1. The summed E-state index contributed by atoms with van der Waals surface area (Å²) in [7, 11) is 2.07. The zero-order valence-corrected chi connectivity index (χ0v) is 26.0. The molecule has 232 valence electrons. The Morgan fingerprint density at radius 3 is 2.60 bits per heavy atom. The van der Waals surface area contributed by atoms with Crippen molar-refractivity contribution in [1.29, 1.82) is 0 Å². The van der Waals surface area contributed by atoms with Gasteiger partial charge in [-0.2, -0.15) is 0 Å². The number of nitrogens with one attached hydrogen (secondary N) is 2. The van der Waals surface area contributed by atoms with Crippen LogP contribution >= 0.6 is 0 Å². The first-order valence-corrected chi connectivity index (χ1v) is 15.1. The molecule has 1 aliphatic rings. The van der Waals surface area contributed by atoms with Gasteiger partial charge in [-0.1, -0.05) is 6.92 Å². The number of carbonyl (C=O) groups is 2. The van der Waals surface area contributed by atoms with E-state index in [1.54, 1.807) is 35.5 Å². The number of fused-ring (bicyclic) bond motifs is 1. The minimum atomic E-state index is -0.436. The number of hydrogen-bond donors (Lipinski definition) is 3. The fraction of sp³-hybridized carbons (Fsp3) is 0.594. The number of aliphatic hydroxyl groups excluding tert-OH is 1. The average molecular weight is 584 g/mol. The summed E-state index contributed by atoms with van der Waals surface area (Å²) in [6, 6.07) is 8.34. The van der Waals surface area contributed by atoms with Gasteiger partial charge in [-0.25, -0.2) is 4.79 Å². The molecule has 0 spiro atoms. The van der Waals surface area contributed by atoms with Crippen LogP contribution in [0.15, 0.2) is 42.7 Å². The number of ether oxygens (including phenoxy) is 2. The summed E-state index contributed by atoms with van der Waals surface area (Å²) in [4.78, 5) is 34.6. The monoisotopic (exact) mass is 583 g/mol. The van der Waals surface area contributed by atoms with Crippen LogP contribution in [0.2, 0.25) is 0 Å². The number of urea groups is 1. The zero-order chi connectivity index (χ0) is 30.6. The lowest BCUT2D eigenvalue weighted by atomic mass is 10.0. The maximum absolute atomic E-state index is 14.2. The maximum Gasteiger partial charge on any atom is 0.319 e. The van der Waals surface area contributed by atoms with Gasteiger partial charge in [-0.3, -0.25) is 14.7 Å². The van der Waals surface area contributed by atoms with E-state index in [0.29, 0.717) is 36.7 Å². The van der Waals surface area contributed by atoms with Crippen LogP contribution in [0.3, 0.4) is 0 Å². The Morgan fingerprint density at radius 1 is 1.17 bits per heavy atom. The molecular weight excluding hydrogens is 534 g/mol. The lowest BCUT2D eigenvalue weighted by Gasteiger charge is -2.36. The summed E-state index contributed by atoms with van der Waals surface area (Å²) in [5.74, 6) is 0.179. The van der Waals surface area contributed by atoms with Gasteiger partial charge in [-0.05, 0) is 89.9 Å². The largest absolute Gasteiger partial charge is 0.490 e. The van der Waals surface area contributed by atoms with Gasteiger partial charge >= 0.3 is 6.03 Å². The third-order valence-corrected chi connectivity index (χ3v) is 7.42. The normalized spacial score (nSPS) is 21.3. The van der Waals surface area contributed by atoms with E-state index in [1.807, 2.05) is 39.8 Å². The Kier molecular flexibility index (Phi) is 13.0. The van der Waals surface area contributed by atoms with Crippen molar-refractivity contribution < 1.29 is 24.2 Å². The molecule has 3 rings (SSSR count). The fourth-order valence-electron chi connectivity index (χ4n) is 5.06. The second kappa shape index (κ2) is 16.4. The first-order chi connectivity index (χ1) is 20.1. The van der Waals surface area contributed by atoms with Gasteiger partial charge in [-0.15, -0.1) is 0 Å². The summed E-state index contributed by atoms with van der Waals surface area (Å²) < 4.78 is 12.7. The number of anilines is 1. The van der Waals surface area contributed by atoms with Crippen LogP contribution < -0.4 is 15.4 Å². The summed E-state index contributed by atoms with van der Waals surface area (Å²) in [5.41, 5.74) is 2.01. The van der Waals surface area contributed by atoms with Crippen LogP contribution in [0.25, 0.3) is 0 Å². The van der Waals surface area contributed by atoms with Gasteiger partial charge in [0.1, 0.15) is 5.75 Å². The van der Waals surface area contributed by atoms with Crippen LogP contribution in [0.4, 0.5) is 10.5 Å². The van der Waals surface area contributed by atoms with Crippen molar-refractivity contribution in [2.75, 3.05) is 38.7 Å². The van der Waals surface area contributed by atoms with E-state index in [0.717, 1.165) is 25.8 Å². The smallest absolute Gasteiger partial charge is 0.319 e. The number of benzene rings is 1. The number of nitrogens with zero attached hydrogens (tertiary/aromatic N) is 3. The molecule has 1 aliphatic heterocycles. The van der Waals surface area contributed by atoms with Crippen molar-refractivity contribution in [2.24, 2.45) is 5.92 Å². The van der Waals surface area contributed by atoms with E-state index in [-0.39, 0.29) is 42.7 Å². The molecule has 0 saturated carbocycles. The number of likely N-dealkylation sites (N-methyl/N-ethyl adjacent to an activating group) is 1. The Hall–Kier alpha value is -3.21. The maximum atomic E-state index is 14.2. The predicted molar refractivity (Wildman–Crippen MR) is 165 cm³/mol. The molecule has 10 nitrogen and oxygen atoms in total. The summed E-state index contributed by atoms with van der Waals surface area (Å²) in [5, 5.41) is 15.8. The van der Waals surface area contributed by atoms with E-state index in [1.165, 1.54) is 5.56 Å². The van der Waals surface area contributed by atoms with Crippen LogP contribution in [-0.2, 0) is 11.3 Å². The fourth-order valence-corrected chi connectivity index (χ4v) is 5.06. The van der Waals surface area contributed by atoms with E-state index in [4.69, 9.17) is 9.47 Å². The molecule has 2 aromatic rings. The molecular formula is C32H49N5O5. The predicted octanol–water partition coefficient (Wildman–Crippen LogP) is 4.54. The van der Waals surface area contributed by atoms with Gasteiger partial charge in [0.2, 0.25) is 0 Å². The van der Waals surface area contributed by atoms with Crippen molar-refractivity contribution in [1.82, 2.24) is 20.1 Å². The molecule has 1 aromatic carbocycles. The quantitative estimate of drug-likeness (QED) is 0.418. The van der Waals surface area contributed by atoms with Gasteiger partial charge in [0, 0.05) is 56.3 Å². The Labute approximate surface area is 250 Å². The minimum absolute atomic E-state index is 0.0211.